The zero-order valence-corrected chi connectivity index (χ0v) is 14.5. The number of hydrogen-bond donors (Lipinski definition) is 0. The van der Waals surface area contributed by atoms with E-state index >= 15 is 0 Å². The van der Waals surface area contributed by atoms with Crippen LogP contribution >= 0.6 is 0 Å². The van der Waals surface area contributed by atoms with E-state index in [1.165, 1.54) is 11.0 Å². The highest BCUT2D eigenvalue weighted by Crippen LogP contribution is 2.17. The van der Waals surface area contributed by atoms with Crippen LogP contribution in [0.2, 0.25) is 0 Å². The summed E-state index contributed by atoms with van der Waals surface area (Å²) >= 11 is 0. The number of para-hydroxylation sites is 1. The molecule has 0 aliphatic rings. The third kappa shape index (κ3) is 3.65. The number of nitrogens with zero attached hydrogens (tertiary/aromatic N) is 6. The Hall–Kier alpha value is -3.22. The second-order valence-corrected chi connectivity index (χ2v) is 5.99. The molecule has 0 spiro atoms. The molecule has 0 atom stereocenters. The monoisotopic (exact) mass is 336 g/mol. The Morgan fingerprint density at radius 1 is 1.04 bits per heavy atom. The first-order valence-electron chi connectivity index (χ1n) is 7.90. The summed E-state index contributed by atoms with van der Waals surface area (Å²) in [6.45, 7) is 0.524. The smallest absolute Gasteiger partial charge is 0.256 e. The van der Waals surface area contributed by atoms with Gasteiger partial charge in [0, 0.05) is 33.4 Å². The molecule has 3 rings (SSSR count). The molecule has 0 radical (unpaired) electrons. The van der Waals surface area contributed by atoms with Crippen LogP contribution in [0, 0.1) is 0 Å². The van der Waals surface area contributed by atoms with E-state index < -0.39 is 0 Å². The van der Waals surface area contributed by atoms with Crippen LogP contribution < -0.4 is 4.90 Å². The van der Waals surface area contributed by atoms with Crippen molar-refractivity contribution < 1.29 is 4.79 Å². The average Bonchev–Trinajstić information content (AvgIpc) is 3.16. The van der Waals surface area contributed by atoms with Gasteiger partial charge in [0.25, 0.3) is 5.91 Å². The molecule has 0 saturated carbocycles. The van der Waals surface area contributed by atoms with Gasteiger partial charge in [-0.3, -0.25) is 4.79 Å². The van der Waals surface area contributed by atoms with Gasteiger partial charge >= 0.3 is 0 Å². The fourth-order valence-electron chi connectivity index (χ4n) is 2.58. The number of tetrazole rings is 1. The third-order valence-corrected chi connectivity index (χ3v) is 3.95. The topological polar surface area (TPSA) is 67.2 Å². The van der Waals surface area contributed by atoms with E-state index in [1.807, 2.05) is 61.5 Å². The fraction of sp³-hybridized carbons (Fsp3) is 0.222. The van der Waals surface area contributed by atoms with Crippen molar-refractivity contribution in [1.29, 1.82) is 0 Å². The van der Waals surface area contributed by atoms with Crippen molar-refractivity contribution in [2.45, 2.75) is 6.54 Å². The minimum absolute atomic E-state index is 0.0808. The number of aromatic nitrogens is 4. The van der Waals surface area contributed by atoms with Crippen LogP contribution in [0.25, 0.3) is 5.69 Å². The molecular weight excluding hydrogens is 316 g/mol. The van der Waals surface area contributed by atoms with Crippen molar-refractivity contribution in [2.24, 2.45) is 0 Å². The standard InChI is InChI=1S/C18H20N6O/c1-22(2)15-10-8-14(9-11-15)12-23(3)18(25)16-6-4-5-7-17(16)24-13-19-20-21-24/h4-11,13H,12H2,1-3H3. The van der Waals surface area contributed by atoms with Gasteiger partial charge in [0.15, 0.2) is 0 Å². The highest BCUT2D eigenvalue weighted by molar-refractivity contribution is 5.97. The summed E-state index contributed by atoms with van der Waals surface area (Å²) in [6, 6.07) is 15.5. The van der Waals surface area contributed by atoms with E-state index in [4.69, 9.17) is 0 Å². The molecule has 2 aromatic carbocycles. The number of anilines is 1. The Morgan fingerprint density at radius 2 is 1.76 bits per heavy atom. The predicted octanol–water partition coefficient (Wildman–Crippen LogP) is 2.00. The minimum atomic E-state index is -0.0808. The zero-order chi connectivity index (χ0) is 17.8. The van der Waals surface area contributed by atoms with E-state index in [1.54, 1.807) is 18.0 Å². The van der Waals surface area contributed by atoms with Crippen molar-refractivity contribution in [3.63, 3.8) is 0 Å². The minimum Gasteiger partial charge on any atom is -0.378 e. The number of carbonyl (C=O) groups excluding carboxylic acids is 1. The summed E-state index contributed by atoms with van der Waals surface area (Å²) in [5.41, 5.74) is 3.41. The summed E-state index contributed by atoms with van der Waals surface area (Å²) in [5.74, 6) is -0.0808. The van der Waals surface area contributed by atoms with Crippen LogP contribution in [-0.2, 0) is 6.54 Å². The first kappa shape index (κ1) is 16.6. The van der Waals surface area contributed by atoms with Gasteiger partial charge in [-0.25, -0.2) is 0 Å². The lowest BCUT2D eigenvalue weighted by molar-refractivity contribution is 0.0785. The molecule has 1 aromatic heterocycles. The summed E-state index contributed by atoms with van der Waals surface area (Å²) in [7, 11) is 5.79. The van der Waals surface area contributed by atoms with E-state index in [0.717, 1.165) is 11.3 Å². The van der Waals surface area contributed by atoms with Crippen molar-refractivity contribution in [1.82, 2.24) is 25.1 Å². The second kappa shape index (κ2) is 7.12. The predicted molar refractivity (Wildman–Crippen MR) is 95.7 cm³/mol. The third-order valence-electron chi connectivity index (χ3n) is 3.95. The van der Waals surface area contributed by atoms with Gasteiger partial charge in [0.2, 0.25) is 0 Å². The molecule has 0 fully saturated rings. The van der Waals surface area contributed by atoms with Crippen LogP contribution in [0.15, 0.2) is 54.9 Å². The molecule has 7 heteroatoms. The Balaban J connectivity index is 1.79. The number of carbonyl (C=O) groups is 1. The molecular formula is C18H20N6O. The molecule has 0 unspecified atom stereocenters. The number of rotatable bonds is 5. The number of amides is 1. The van der Waals surface area contributed by atoms with Gasteiger partial charge in [-0.15, -0.1) is 5.10 Å². The molecule has 3 aromatic rings. The molecule has 0 aliphatic heterocycles. The highest BCUT2D eigenvalue weighted by atomic mass is 16.2. The Morgan fingerprint density at radius 3 is 2.40 bits per heavy atom. The first-order valence-corrected chi connectivity index (χ1v) is 7.90. The average molecular weight is 336 g/mol. The first-order chi connectivity index (χ1) is 12.1. The summed E-state index contributed by atoms with van der Waals surface area (Å²) in [6.07, 6.45) is 1.48. The van der Waals surface area contributed by atoms with Crippen molar-refractivity contribution in [3.8, 4) is 5.69 Å². The molecule has 0 N–H and O–H groups in total. The summed E-state index contributed by atoms with van der Waals surface area (Å²) in [4.78, 5) is 16.6. The number of benzene rings is 2. The van der Waals surface area contributed by atoms with Crippen LogP contribution in [0.4, 0.5) is 5.69 Å². The Kier molecular flexibility index (Phi) is 4.74. The van der Waals surface area contributed by atoms with Gasteiger partial charge in [-0.05, 0) is 40.3 Å². The molecule has 0 bridgehead atoms. The van der Waals surface area contributed by atoms with E-state index in [0.29, 0.717) is 17.8 Å². The SMILES string of the molecule is CN(Cc1ccc(N(C)C)cc1)C(=O)c1ccccc1-n1cnnn1. The summed E-state index contributed by atoms with van der Waals surface area (Å²) in [5, 5.41) is 11.2. The lowest BCUT2D eigenvalue weighted by Gasteiger charge is -2.19. The quantitative estimate of drug-likeness (QED) is 0.713. The van der Waals surface area contributed by atoms with Crippen molar-refractivity contribution >= 4 is 11.6 Å². The molecule has 128 valence electrons. The van der Waals surface area contributed by atoms with Gasteiger partial charge in [-0.2, -0.15) is 4.68 Å². The Labute approximate surface area is 146 Å². The summed E-state index contributed by atoms with van der Waals surface area (Å²) < 4.78 is 1.49. The van der Waals surface area contributed by atoms with Gasteiger partial charge in [0.1, 0.15) is 6.33 Å². The number of hydrogen-bond acceptors (Lipinski definition) is 5. The van der Waals surface area contributed by atoms with Crippen molar-refractivity contribution in [2.75, 3.05) is 26.0 Å². The fourth-order valence-corrected chi connectivity index (χ4v) is 2.58. The van der Waals surface area contributed by atoms with Crippen LogP contribution in [0.1, 0.15) is 15.9 Å². The maximum atomic E-state index is 12.9. The highest BCUT2D eigenvalue weighted by Gasteiger charge is 2.17. The second-order valence-electron chi connectivity index (χ2n) is 5.99. The largest absolute Gasteiger partial charge is 0.378 e. The van der Waals surface area contributed by atoms with Gasteiger partial charge < -0.3 is 9.80 Å². The molecule has 0 aliphatic carbocycles. The van der Waals surface area contributed by atoms with Gasteiger partial charge in [-0.1, -0.05) is 24.3 Å². The van der Waals surface area contributed by atoms with E-state index in [9.17, 15) is 4.79 Å². The molecule has 7 nitrogen and oxygen atoms in total. The molecule has 1 amide bonds. The van der Waals surface area contributed by atoms with Gasteiger partial charge in [0.05, 0.1) is 11.3 Å². The maximum absolute atomic E-state index is 12.9. The van der Waals surface area contributed by atoms with Crippen LogP contribution in [0.5, 0.6) is 0 Å². The molecule has 25 heavy (non-hydrogen) atoms. The van der Waals surface area contributed by atoms with Crippen LogP contribution in [0.3, 0.4) is 0 Å². The maximum Gasteiger partial charge on any atom is 0.256 e. The van der Waals surface area contributed by atoms with Crippen LogP contribution in [-0.4, -0.2) is 52.2 Å². The van der Waals surface area contributed by atoms with E-state index in [-0.39, 0.29) is 5.91 Å². The Bertz CT molecular complexity index is 842. The normalized spacial score (nSPS) is 10.5. The molecule has 0 saturated heterocycles. The van der Waals surface area contributed by atoms with E-state index in [2.05, 4.69) is 15.5 Å². The lowest BCUT2D eigenvalue weighted by Crippen LogP contribution is -2.27. The zero-order valence-electron chi connectivity index (χ0n) is 14.5. The van der Waals surface area contributed by atoms with Crippen molar-refractivity contribution in [3.05, 3.63) is 66.0 Å². The lowest BCUT2D eigenvalue weighted by atomic mass is 10.1. The molecule has 1 heterocycles.